The summed E-state index contributed by atoms with van der Waals surface area (Å²) in [4.78, 5) is 11.5. The van der Waals surface area contributed by atoms with Gasteiger partial charge in [0.2, 0.25) is 6.29 Å². The topological polar surface area (TPSA) is 55.8 Å². The van der Waals surface area contributed by atoms with Gasteiger partial charge in [0, 0.05) is 23.9 Å². The van der Waals surface area contributed by atoms with Crippen molar-refractivity contribution in [3.8, 4) is 0 Å². The summed E-state index contributed by atoms with van der Waals surface area (Å²) in [5.74, 6) is -0.453. The molecule has 0 aromatic heterocycles. The van der Waals surface area contributed by atoms with E-state index in [9.17, 15) is 9.90 Å². The van der Waals surface area contributed by atoms with E-state index >= 15 is 0 Å². The van der Waals surface area contributed by atoms with Crippen LogP contribution in [0.4, 0.5) is 0 Å². The molecule has 2 unspecified atom stereocenters. The third kappa shape index (κ3) is 5.20. The van der Waals surface area contributed by atoms with Crippen LogP contribution in [-0.2, 0) is 20.7 Å². The molecule has 0 radical (unpaired) electrons. The number of hydrogen-bond acceptors (Lipinski definition) is 4. The summed E-state index contributed by atoms with van der Waals surface area (Å²) in [6.45, 7) is 5.52. The number of rotatable bonds is 10. The summed E-state index contributed by atoms with van der Waals surface area (Å²) >= 11 is 0. The average molecular weight is 400 g/mol. The molecule has 0 aliphatic carbocycles. The summed E-state index contributed by atoms with van der Waals surface area (Å²) in [6.07, 6.45) is 4.33. The summed E-state index contributed by atoms with van der Waals surface area (Å²) in [6, 6.07) is 15.0. The van der Waals surface area contributed by atoms with Crippen LogP contribution >= 0.6 is 7.92 Å². The minimum Gasteiger partial charge on any atom is -0.429 e. The highest BCUT2D eigenvalue weighted by Gasteiger charge is 2.33. The van der Waals surface area contributed by atoms with E-state index < -0.39 is 12.3 Å². The van der Waals surface area contributed by atoms with Crippen molar-refractivity contribution in [3.63, 3.8) is 0 Å². The van der Waals surface area contributed by atoms with Crippen molar-refractivity contribution in [2.75, 3.05) is 25.5 Å². The van der Waals surface area contributed by atoms with E-state index in [1.165, 1.54) is 22.4 Å². The van der Waals surface area contributed by atoms with Crippen molar-refractivity contribution >= 4 is 24.7 Å². The quantitative estimate of drug-likeness (QED) is 0.363. The van der Waals surface area contributed by atoms with E-state index in [2.05, 4.69) is 56.3 Å². The molecule has 0 saturated heterocycles. The maximum atomic E-state index is 11.5. The molecule has 2 aromatic carbocycles. The van der Waals surface area contributed by atoms with Gasteiger partial charge in [-0.1, -0.05) is 64.2 Å². The van der Waals surface area contributed by atoms with E-state index in [0.29, 0.717) is 18.8 Å². The number of benzene rings is 2. The number of aryl methyl sites for hydroxylation is 1. The highest BCUT2D eigenvalue weighted by molar-refractivity contribution is 7.58. The minimum atomic E-state index is -1.11. The zero-order chi connectivity index (χ0) is 19.9. The number of cyclic esters (lactones) is 1. The zero-order valence-electron chi connectivity index (χ0n) is 16.6. The van der Waals surface area contributed by atoms with Gasteiger partial charge in [0.25, 0.3) is 0 Å². The number of aliphatic hydroxyl groups is 1. The van der Waals surface area contributed by atoms with Crippen LogP contribution < -0.4 is 0 Å². The summed E-state index contributed by atoms with van der Waals surface area (Å²) < 4.78 is 10.9. The van der Waals surface area contributed by atoms with Gasteiger partial charge < -0.3 is 14.6 Å². The lowest BCUT2D eigenvalue weighted by Gasteiger charge is -2.28. The van der Waals surface area contributed by atoms with Crippen molar-refractivity contribution in [1.82, 2.24) is 0 Å². The first-order chi connectivity index (χ1) is 13.6. The Morgan fingerprint density at radius 3 is 2.57 bits per heavy atom. The van der Waals surface area contributed by atoms with Crippen molar-refractivity contribution in [2.24, 2.45) is 0 Å². The molecule has 2 atom stereocenters. The first kappa shape index (κ1) is 21.0. The van der Waals surface area contributed by atoms with Crippen LogP contribution in [0.3, 0.4) is 0 Å². The lowest BCUT2D eigenvalue weighted by Crippen LogP contribution is -2.25. The Morgan fingerprint density at radius 2 is 1.89 bits per heavy atom. The van der Waals surface area contributed by atoms with E-state index in [1.807, 2.05) is 0 Å². The molecule has 1 aliphatic rings. The van der Waals surface area contributed by atoms with Crippen LogP contribution in [0.15, 0.2) is 54.1 Å². The average Bonchev–Trinajstić information content (AvgIpc) is 3.04. The number of ether oxygens (including phenoxy) is 2. The van der Waals surface area contributed by atoms with Gasteiger partial charge in [-0.2, -0.15) is 0 Å². The second kappa shape index (κ2) is 10.2. The van der Waals surface area contributed by atoms with Crippen LogP contribution in [0.5, 0.6) is 0 Å². The predicted octanol–water partition coefficient (Wildman–Crippen LogP) is 4.48. The van der Waals surface area contributed by atoms with Gasteiger partial charge in [0.05, 0.1) is 6.61 Å². The number of carbonyl (C=O) groups excluding carboxylic acids is 1. The summed E-state index contributed by atoms with van der Waals surface area (Å²) in [7, 11) is -0.346. The van der Waals surface area contributed by atoms with Crippen molar-refractivity contribution in [2.45, 2.75) is 38.6 Å². The number of hydrogen-bond donors (Lipinski definition) is 1. The van der Waals surface area contributed by atoms with Gasteiger partial charge in [-0.25, -0.2) is 4.79 Å². The molecule has 5 heteroatoms. The highest BCUT2D eigenvalue weighted by atomic mass is 31.1. The molecule has 28 heavy (non-hydrogen) atoms. The number of carbonyl (C=O) groups is 1. The van der Waals surface area contributed by atoms with Gasteiger partial charge in [0.15, 0.2) is 0 Å². The monoisotopic (exact) mass is 400 g/mol. The molecule has 0 saturated carbocycles. The standard InChI is InChI=1S/C23H29O4P/c1-3-28(4-2)21(20-15-22(24)27-23(20)25)16-26-13-7-8-17-11-12-18-9-5-6-10-19(18)14-17/h5-6,9-12,14-15,21,23,25H,3-4,7-8,13,16H2,1-2H3. The lowest BCUT2D eigenvalue weighted by atomic mass is 10.0. The SMILES string of the molecule is CCP(CC)C(COCCCc1ccc2ccccc2c1)C1=CC(=O)OC1O. The maximum Gasteiger partial charge on any atom is 0.333 e. The zero-order valence-corrected chi connectivity index (χ0v) is 17.5. The second-order valence-electron chi connectivity index (χ2n) is 7.03. The van der Waals surface area contributed by atoms with E-state index in [4.69, 9.17) is 9.47 Å². The fourth-order valence-corrected chi connectivity index (χ4v) is 5.99. The molecule has 0 spiro atoms. The molecule has 4 nitrogen and oxygen atoms in total. The Labute approximate surface area is 168 Å². The minimum absolute atomic E-state index is 0.0760. The Hall–Kier alpha value is -1.74. The Balaban J connectivity index is 1.52. The molecule has 1 aliphatic heterocycles. The number of esters is 1. The van der Waals surface area contributed by atoms with Gasteiger partial charge in [0.1, 0.15) is 0 Å². The van der Waals surface area contributed by atoms with Gasteiger partial charge in [-0.05, 0) is 41.5 Å². The van der Waals surface area contributed by atoms with Crippen LogP contribution in [0.25, 0.3) is 10.8 Å². The molecule has 0 fully saturated rings. The van der Waals surface area contributed by atoms with Crippen LogP contribution in [0.2, 0.25) is 0 Å². The molecule has 1 heterocycles. The van der Waals surface area contributed by atoms with E-state index in [-0.39, 0.29) is 13.6 Å². The van der Waals surface area contributed by atoms with Gasteiger partial charge in [-0.15, -0.1) is 0 Å². The molecule has 0 bridgehead atoms. The van der Waals surface area contributed by atoms with E-state index in [1.54, 1.807) is 0 Å². The Kier molecular flexibility index (Phi) is 7.61. The molecule has 1 N–H and O–H groups in total. The molecular formula is C23H29O4P. The van der Waals surface area contributed by atoms with Crippen LogP contribution in [0, 0.1) is 0 Å². The van der Waals surface area contributed by atoms with Crippen molar-refractivity contribution in [3.05, 3.63) is 59.7 Å². The Morgan fingerprint density at radius 1 is 1.14 bits per heavy atom. The molecule has 0 amide bonds. The second-order valence-corrected chi connectivity index (χ2v) is 10.1. The normalized spacial score (nSPS) is 17.8. The van der Waals surface area contributed by atoms with Crippen molar-refractivity contribution in [1.29, 1.82) is 0 Å². The number of fused-ring (bicyclic) bond motifs is 1. The van der Waals surface area contributed by atoms with Crippen LogP contribution in [-0.4, -0.2) is 48.6 Å². The fraction of sp³-hybridized carbons (Fsp3) is 0.435. The Bertz CT molecular complexity index is 828. The smallest absolute Gasteiger partial charge is 0.333 e. The molecule has 2 aromatic rings. The van der Waals surface area contributed by atoms with Gasteiger partial charge in [-0.3, -0.25) is 0 Å². The van der Waals surface area contributed by atoms with Gasteiger partial charge >= 0.3 is 5.97 Å². The van der Waals surface area contributed by atoms with E-state index in [0.717, 1.165) is 25.2 Å². The fourth-order valence-electron chi connectivity index (χ4n) is 3.72. The van der Waals surface area contributed by atoms with Crippen molar-refractivity contribution < 1.29 is 19.4 Å². The van der Waals surface area contributed by atoms with Crippen LogP contribution in [0.1, 0.15) is 25.8 Å². The summed E-state index contributed by atoms with van der Waals surface area (Å²) in [5.41, 5.74) is 2.08. The third-order valence-electron chi connectivity index (χ3n) is 5.28. The lowest BCUT2D eigenvalue weighted by molar-refractivity contribution is -0.151. The number of aliphatic hydroxyl groups excluding tert-OH is 1. The molecule has 150 valence electrons. The maximum absolute atomic E-state index is 11.5. The molecular weight excluding hydrogens is 371 g/mol. The largest absolute Gasteiger partial charge is 0.429 e. The first-order valence-electron chi connectivity index (χ1n) is 10.0. The first-order valence-corrected chi connectivity index (χ1v) is 11.8. The molecule has 3 rings (SSSR count). The summed E-state index contributed by atoms with van der Waals surface area (Å²) in [5, 5.41) is 12.6. The highest BCUT2D eigenvalue weighted by Crippen LogP contribution is 2.45. The third-order valence-corrected chi connectivity index (χ3v) is 8.23. The predicted molar refractivity (Wildman–Crippen MR) is 115 cm³/mol.